The molecule has 0 saturated carbocycles. The Labute approximate surface area is 181 Å². The molecule has 1 saturated heterocycles. The van der Waals surface area contributed by atoms with Crippen LogP contribution in [-0.4, -0.2) is 37.0 Å². The first-order valence-corrected chi connectivity index (χ1v) is 13.1. The summed E-state index contributed by atoms with van der Waals surface area (Å²) in [7, 11) is -2.69. The SMILES string of the molecule is CC1=CC(C)C(C2OCCN2CCP(=O)(c2ccccc2)c2ccccc2)C(C)C1. The number of hydrogen-bond acceptors (Lipinski definition) is 3. The van der Waals surface area contributed by atoms with Crippen LogP contribution in [0.1, 0.15) is 27.2 Å². The van der Waals surface area contributed by atoms with Crippen molar-refractivity contribution in [1.82, 2.24) is 4.90 Å². The van der Waals surface area contributed by atoms with Crippen LogP contribution in [-0.2, 0) is 9.30 Å². The Morgan fingerprint density at radius 2 is 1.60 bits per heavy atom. The molecular formula is C26H34NO2P. The van der Waals surface area contributed by atoms with Crippen LogP contribution in [0.2, 0.25) is 0 Å². The summed E-state index contributed by atoms with van der Waals surface area (Å²) < 4.78 is 20.6. The van der Waals surface area contributed by atoms with Crippen molar-refractivity contribution in [3.8, 4) is 0 Å². The zero-order valence-electron chi connectivity index (χ0n) is 18.4. The van der Waals surface area contributed by atoms with Gasteiger partial charge in [0.05, 0.1) is 6.61 Å². The van der Waals surface area contributed by atoms with Crippen LogP contribution in [0, 0.1) is 17.8 Å². The van der Waals surface area contributed by atoms with E-state index in [0.717, 1.165) is 36.7 Å². The highest BCUT2D eigenvalue weighted by molar-refractivity contribution is 7.78. The van der Waals surface area contributed by atoms with Gasteiger partial charge in [-0.1, -0.05) is 86.2 Å². The molecule has 4 rings (SSSR count). The van der Waals surface area contributed by atoms with E-state index in [9.17, 15) is 4.57 Å². The van der Waals surface area contributed by atoms with Gasteiger partial charge in [0.25, 0.3) is 0 Å². The van der Waals surface area contributed by atoms with E-state index in [0.29, 0.717) is 23.9 Å². The van der Waals surface area contributed by atoms with Crippen molar-refractivity contribution in [1.29, 1.82) is 0 Å². The molecule has 1 aliphatic heterocycles. The number of allylic oxidation sites excluding steroid dienone is 2. The molecule has 3 nitrogen and oxygen atoms in total. The summed E-state index contributed by atoms with van der Waals surface area (Å²) in [5.41, 5.74) is 1.49. The molecule has 1 heterocycles. The van der Waals surface area contributed by atoms with Gasteiger partial charge in [-0.25, -0.2) is 0 Å². The first-order chi connectivity index (χ1) is 14.5. The van der Waals surface area contributed by atoms with Gasteiger partial charge in [0, 0.05) is 35.8 Å². The maximum Gasteiger partial charge on any atom is 0.144 e. The van der Waals surface area contributed by atoms with Crippen molar-refractivity contribution < 1.29 is 9.30 Å². The van der Waals surface area contributed by atoms with Crippen LogP contribution in [0.25, 0.3) is 0 Å². The van der Waals surface area contributed by atoms with Crippen LogP contribution in [0.4, 0.5) is 0 Å². The number of ether oxygens (including phenoxy) is 1. The normalized spacial score (nSPS) is 27.8. The summed E-state index contributed by atoms with van der Waals surface area (Å²) in [5.74, 6) is 1.60. The Kier molecular flexibility index (Phi) is 6.63. The monoisotopic (exact) mass is 423 g/mol. The molecule has 0 bridgehead atoms. The predicted octanol–water partition coefficient (Wildman–Crippen LogP) is 4.90. The van der Waals surface area contributed by atoms with Crippen LogP contribution in [0.3, 0.4) is 0 Å². The largest absolute Gasteiger partial charge is 0.361 e. The Balaban J connectivity index is 1.56. The average Bonchev–Trinajstić information content (AvgIpc) is 3.21. The van der Waals surface area contributed by atoms with Gasteiger partial charge in [0.15, 0.2) is 0 Å². The van der Waals surface area contributed by atoms with Gasteiger partial charge in [-0.2, -0.15) is 0 Å². The van der Waals surface area contributed by atoms with E-state index in [1.807, 2.05) is 60.7 Å². The molecule has 2 aromatic rings. The van der Waals surface area contributed by atoms with E-state index < -0.39 is 7.14 Å². The molecule has 1 aliphatic carbocycles. The molecule has 30 heavy (non-hydrogen) atoms. The Bertz CT molecular complexity index is 868. The van der Waals surface area contributed by atoms with Crippen molar-refractivity contribution in [2.75, 3.05) is 25.9 Å². The lowest BCUT2D eigenvalue weighted by atomic mass is 9.74. The number of nitrogens with zero attached hydrogens (tertiary/aromatic N) is 1. The summed E-state index contributed by atoms with van der Waals surface area (Å²) in [6, 6.07) is 20.0. The maximum atomic E-state index is 14.4. The lowest BCUT2D eigenvalue weighted by Gasteiger charge is -2.40. The lowest BCUT2D eigenvalue weighted by Crippen LogP contribution is -2.44. The van der Waals surface area contributed by atoms with E-state index in [2.05, 4.69) is 31.7 Å². The Morgan fingerprint density at radius 3 is 2.17 bits per heavy atom. The van der Waals surface area contributed by atoms with Crippen molar-refractivity contribution in [3.05, 3.63) is 72.3 Å². The van der Waals surface area contributed by atoms with Gasteiger partial charge in [-0.3, -0.25) is 4.90 Å². The maximum absolute atomic E-state index is 14.4. The molecule has 1 fully saturated rings. The van der Waals surface area contributed by atoms with Crippen LogP contribution in [0.15, 0.2) is 72.3 Å². The van der Waals surface area contributed by atoms with Gasteiger partial charge in [0.1, 0.15) is 13.4 Å². The highest BCUT2D eigenvalue weighted by atomic mass is 31.2. The molecule has 2 aromatic carbocycles. The van der Waals surface area contributed by atoms with Crippen molar-refractivity contribution >= 4 is 17.8 Å². The molecule has 4 atom stereocenters. The zero-order chi connectivity index (χ0) is 21.1. The molecule has 0 N–H and O–H groups in total. The Morgan fingerprint density at radius 1 is 1.00 bits per heavy atom. The first kappa shape index (κ1) is 21.6. The quantitative estimate of drug-likeness (QED) is 0.489. The molecule has 0 amide bonds. The lowest BCUT2D eigenvalue weighted by molar-refractivity contribution is -0.0450. The van der Waals surface area contributed by atoms with Crippen molar-refractivity contribution in [3.63, 3.8) is 0 Å². The fourth-order valence-electron chi connectivity index (χ4n) is 5.46. The second-order valence-corrected chi connectivity index (χ2v) is 12.0. The fourth-order valence-corrected chi connectivity index (χ4v) is 8.12. The summed E-state index contributed by atoms with van der Waals surface area (Å²) in [6.45, 7) is 9.41. The van der Waals surface area contributed by atoms with E-state index in [-0.39, 0.29) is 6.23 Å². The van der Waals surface area contributed by atoms with Gasteiger partial charge in [0.2, 0.25) is 0 Å². The molecule has 0 radical (unpaired) electrons. The van der Waals surface area contributed by atoms with Gasteiger partial charge >= 0.3 is 0 Å². The third kappa shape index (κ3) is 4.35. The summed E-state index contributed by atoms with van der Waals surface area (Å²) in [4.78, 5) is 2.45. The molecular weight excluding hydrogens is 389 g/mol. The first-order valence-electron chi connectivity index (χ1n) is 11.2. The fraction of sp³-hybridized carbons (Fsp3) is 0.462. The summed E-state index contributed by atoms with van der Waals surface area (Å²) >= 11 is 0. The minimum Gasteiger partial charge on any atom is -0.361 e. The number of hydrogen-bond donors (Lipinski definition) is 0. The summed E-state index contributed by atoms with van der Waals surface area (Å²) in [6.07, 6.45) is 4.34. The van der Waals surface area contributed by atoms with E-state index in [1.54, 1.807) is 0 Å². The topological polar surface area (TPSA) is 29.5 Å². The standard InChI is InChI=1S/C26H34NO2P/c1-20-18-21(2)25(22(3)19-20)26-27(14-16-29-26)15-17-30(28,23-10-6-4-7-11-23)24-12-8-5-9-13-24/h4-13,18,21-22,25-26H,14-17,19H2,1-3H3. The minimum absolute atomic E-state index is 0.124. The molecule has 0 spiro atoms. The second kappa shape index (κ2) is 9.22. The number of benzene rings is 2. The number of rotatable bonds is 6. The third-order valence-corrected chi connectivity index (χ3v) is 9.95. The van der Waals surface area contributed by atoms with E-state index in [1.165, 1.54) is 5.57 Å². The van der Waals surface area contributed by atoms with E-state index >= 15 is 0 Å². The molecule has 2 aliphatic rings. The molecule has 4 heteroatoms. The second-order valence-electron chi connectivity index (χ2n) is 9.06. The third-order valence-electron chi connectivity index (χ3n) is 6.86. The van der Waals surface area contributed by atoms with Crippen LogP contribution < -0.4 is 10.6 Å². The molecule has 4 unspecified atom stereocenters. The van der Waals surface area contributed by atoms with Gasteiger partial charge in [-0.15, -0.1) is 0 Å². The van der Waals surface area contributed by atoms with Crippen molar-refractivity contribution in [2.24, 2.45) is 17.8 Å². The molecule has 160 valence electrons. The smallest absolute Gasteiger partial charge is 0.144 e. The minimum atomic E-state index is -2.69. The Hall–Kier alpha value is -1.67. The highest BCUT2D eigenvalue weighted by Crippen LogP contribution is 2.44. The van der Waals surface area contributed by atoms with E-state index in [4.69, 9.17) is 4.74 Å². The van der Waals surface area contributed by atoms with Gasteiger partial charge in [-0.05, 0) is 25.2 Å². The van der Waals surface area contributed by atoms with Gasteiger partial charge < -0.3 is 9.30 Å². The zero-order valence-corrected chi connectivity index (χ0v) is 19.3. The predicted molar refractivity (Wildman–Crippen MR) is 126 cm³/mol. The van der Waals surface area contributed by atoms with Crippen LogP contribution in [0.5, 0.6) is 0 Å². The van der Waals surface area contributed by atoms with Crippen molar-refractivity contribution in [2.45, 2.75) is 33.4 Å². The average molecular weight is 424 g/mol. The summed E-state index contributed by atoms with van der Waals surface area (Å²) in [5, 5.41) is 1.90. The van der Waals surface area contributed by atoms with Crippen LogP contribution >= 0.6 is 7.14 Å². The highest BCUT2D eigenvalue weighted by Gasteiger charge is 2.40. The molecule has 0 aromatic heterocycles.